The molecule has 0 saturated carbocycles. The molecule has 0 radical (unpaired) electrons. The Morgan fingerprint density at radius 3 is 2.75 bits per heavy atom. The number of rotatable bonds is 4. The second kappa shape index (κ2) is 5.23. The number of likely N-dealkylation sites (N-methyl/N-ethyl adjacent to an activating group) is 1. The molecule has 2 aliphatic rings. The zero-order valence-corrected chi connectivity index (χ0v) is 12.7. The summed E-state index contributed by atoms with van der Waals surface area (Å²) >= 11 is 1.51. The summed E-state index contributed by atoms with van der Waals surface area (Å²) in [4.78, 5) is 24.5. The lowest BCUT2D eigenvalue weighted by Crippen LogP contribution is -2.68. The number of quaternary nitrogens is 1. The van der Waals surface area contributed by atoms with Crippen LogP contribution in [0.1, 0.15) is 0 Å². The average molecular weight is 298 g/mol. The molecule has 0 aromatic carbocycles. The van der Waals surface area contributed by atoms with Gasteiger partial charge in [0.2, 0.25) is 5.91 Å². The third kappa shape index (κ3) is 2.74. The fourth-order valence-corrected chi connectivity index (χ4v) is 3.44. The van der Waals surface area contributed by atoms with Crippen molar-refractivity contribution in [3.8, 4) is 0 Å². The summed E-state index contributed by atoms with van der Waals surface area (Å²) in [6.07, 6.45) is 3.76. The molecule has 0 spiro atoms. The summed E-state index contributed by atoms with van der Waals surface area (Å²) in [5, 5.41) is 9.12. The lowest BCUT2D eigenvalue weighted by atomic mass is 10.0. The molecule has 3 N–H and O–H groups in total. The molecule has 0 unspecified atom stereocenters. The molecule has 2 atom stereocenters. The van der Waals surface area contributed by atoms with E-state index in [0.29, 0.717) is 11.3 Å². The molecule has 2 aliphatic heterocycles. The second-order valence-electron chi connectivity index (χ2n) is 5.99. The predicted molar refractivity (Wildman–Crippen MR) is 77.8 cm³/mol. The number of nitrogens with two attached hydrogens (primary N) is 1. The molecule has 110 valence electrons. The van der Waals surface area contributed by atoms with Gasteiger partial charge in [-0.15, -0.1) is 11.8 Å². The third-order valence-electron chi connectivity index (χ3n) is 3.21. The highest BCUT2D eigenvalue weighted by Gasteiger charge is 2.51. The van der Waals surface area contributed by atoms with Crippen molar-refractivity contribution in [3.05, 3.63) is 23.4 Å². The second-order valence-corrected chi connectivity index (χ2v) is 7.09. The van der Waals surface area contributed by atoms with Crippen molar-refractivity contribution >= 4 is 23.6 Å². The molecule has 0 aromatic rings. The topological polar surface area (TPSA) is 83.6 Å². The Kier molecular flexibility index (Phi) is 3.95. The van der Waals surface area contributed by atoms with E-state index in [2.05, 4.69) is 21.1 Å². The Balaban J connectivity index is 2.25. The van der Waals surface area contributed by atoms with Gasteiger partial charge in [0.05, 0.1) is 27.7 Å². The minimum absolute atomic E-state index is 0.0816. The highest BCUT2D eigenvalue weighted by atomic mass is 32.2. The van der Waals surface area contributed by atoms with E-state index in [1.54, 1.807) is 0 Å². The van der Waals surface area contributed by atoms with Gasteiger partial charge in [-0.1, -0.05) is 6.08 Å². The maximum absolute atomic E-state index is 11.8. The van der Waals surface area contributed by atoms with Gasteiger partial charge in [0.15, 0.2) is 0 Å². The molecule has 7 heteroatoms. The van der Waals surface area contributed by atoms with Gasteiger partial charge in [0, 0.05) is 5.75 Å². The number of thioether (sulfide) groups is 1. The van der Waals surface area contributed by atoms with Gasteiger partial charge >= 0.3 is 5.97 Å². The first-order valence-electron chi connectivity index (χ1n) is 6.36. The van der Waals surface area contributed by atoms with Crippen LogP contribution in [0.15, 0.2) is 23.4 Å². The summed E-state index contributed by atoms with van der Waals surface area (Å²) in [7, 11) is 6.17. The van der Waals surface area contributed by atoms with E-state index >= 15 is 0 Å². The van der Waals surface area contributed by atoms with E-state index in [9.17, 15) is 14.7 Å². The zero-order valence-electron chi connectivity index (χ0n) is 11.9. The van der Waals surface area contributed by atoms with Gasteiger partial charge in [-0.25, -0.2) is 4.79 Å². The van der Waals surface area contributed by atoms with E-state index in [4.69, 9.17) is 5.73 Å². The summed E-state index contributed by atoms with van der Waals surface area (Å²) in [6, 6.07) is -0.578. The summed E-state index contributed by atoms with van der Waals surface area (Å²) in [6.45, 7) is 0.790. The molecule has 2 rings (SSSR count). The fraction of sp³-hybridized carbons (Fsp3) is 0.538. The number of carboxylic acid groups (broad SMARTS) is 1. The molecule has 0 bridgehead atoms. The molecule has 1 saturated heterocycles. The third-order valence-corrected chi connectivity index (χ3v) is 4.54. The molecule has 1 amide bonds. The van der Waals surface area contributed by atoms with Gasteiger partial charge in [-0.05, 0) is 11.6 Å². The van der Waals surface area contributed by atoms with Gasteiger partial charge in [-0.2, -0.15) is 0 Å². The Labute approximate surface area is 122 Å². The lowest BCUT2D eigenvalue weighted by Gasteiger charge is -2.47. The SMILES string of the molecule is C[N+](C)(C)CC=CC1=C(C(=O)O)N2C(=O)[C@@H](N)[C@H]2SC1. The number of allylic oxidation sites excluding steroid dienone is 1. The van der Waals surface area contributed by atoms with Crippen molar-refractivity contribution in [1.29, 1.82) is 0 Å². The van der Waals surface area contributed by atoms with Crippen LogP contribution in [-0.2, 0) is 9.59 Å². The molecular formula is C13H20N3O3S+. The molecule has 0 aliphatic carbocycles. The number of amides is 1. The van der Waals surface area contributed by atoms with E-state index in [1.807, 2.05) is 12.2 Å². The first kappa shape index (κ1) is 15.1. The first-order chi connectivity index (χ1) is 9.22. The minimum Gasteiger partial charge on any atom is -0.477 e. The quantitative estimate of drug-likeness (QED) is 0.556. The van der Waals surface area contributed by atoms with Gasteiger partial charge in [-0.3, -0.25) is 9.69 Å². The Morgan fingerprint density at radius 2 is 2.20 bits per heavy atom. The van der Waals surface area contributed by atoms with E-state index in [-0.39, 0.29) is 17.0 Å². The minimum atomic E-state index is -1.07. The number of hydrogen-bond donors (Lipinski definition) is 2. The highest BCUT2D eigenvalue weighted by Crippen LogP contribution is 2.39. The highest BCUT2D eigenvalue weighted by molar-refractivity contribution is 8.00. The van der Waals surface area contributed by atoms with Crippen LogP contribution in [0.25, 0.3) is 0 Å². The fourth-order valence-electron chi connectivity index (χ4n) is 2.18. The summed E-state index contributed by atoms with van der Waals surface area (Å²) in [5.74, 6) is -0.810. The van der Waals surface area contributed by atoms with Crippen molar-refractivity contribution in [2.75, 3.05) is 33.4 Å². The molecule has 20 heavy (non-hydrogen) atoms. The van der Waals surface area contributed by atoms with E-state index in [0.717, 1.165) is 11.0 Å². The summed E-state index contributed by atoms with van der Waals surface area (Å²) < 4.78 is 0.759. The Bertz CT molecular complexity index is 507. The van der Waals surface area contributed by atoms with Crippen molar-refractivity contribution in [1.82, 2.24) is 4.90 Å². The van der Waals surface area contributed by atoms with Crippen molar-refractivity contribution < 1.29 is 19.2 Å². The average Bonchev–Trinajstić information content (AvgIpc) is 2.35. The van der Waals surface area contributed by atoms with Crippen molar-refractivity contribution in [2.24, 2.45) is 5.73 Å². The number of aliphatic carboxylic acids is 1. The van der Waals surface area contributed by atoms with E-state index in [1.165, 1.54) is 16.7 Å². The van der Waals surface area contributed by atoms with Gasteiger partial charge in [0.25, 0.3) is 0 Å². The standard InChI is InChI=1S/C13H19N3O3S/c1-16(2,3)6-4-5-8-7-20-12-9(14)11(17)15(12)10(8)13(18)19/h4-5,9,12H,6-7,14H2,1-3H3/p+1/t9-,12-/m1/s1. The number of carbonyl (C=O) groups excluding carboxylic acids is 1. The summed E-state index contributed by atoms with van der Waals surface area (Å²) in [5.41, 5.74) is 6.45. The van der Waals surface area contributed by atoms with Crippen LogP contribution in [-0.4, -0.2) is 71.2 Å². The monoisotopic (exact) mass is 298 g/mol. The Morgan fingerprint density at radius 1 is 1.55 bits per heavy atom. The van der Waals surface area contributed by atoms with Crippen molar-refractivity contribution in [2.45, 2.75) is 11.4 Å². The van der Waals surface area contributed by atoms with Crippen LogP contribution in [0.5, 0.6) is 0 Å². The smallest absolute Gasteiger partial charge is 0.352 e. The van der Waals surface area contributed by atoms with Gasteiger partial charge < -0.3 is 15.3 Å². The lowest BCUT2D eigenvalue weighted by molar-refractivity contribution is -0.864. The molecule has 1 fully saturated rings. The number of β-lactam (4-membered cyclic amide) rings is 1. The molecule has 6 nitrogen and oxygen atoms in total. The van der Waals surface area contributed by atoms with Crippen LogP contribution >= 0.6 is 11.8 Å². The molecule has 0 aromatic heterocycles. The number of nitrogens with zero attached hydrogens (tertiary/aromatic N) is 2. The number of hydrogen-bond acceptors (Lipinski definition) is 4. The Hall–Kier alpha value is -1.31. The predicted octanol–water partition coefficient (Wildman–Crippen LogP) is -0.170. The van der Waals surface area contributed by atoms with E-state index < -0.39 is 12.0 Å². The maximum Gasteiger partial charge on any atom is 0.352 e. The number of carboxylic acids is 1. The number of fused-ring (bicyclic) bond motifs is 1. The maximum atomic E-state index is 11.8. The zero-order chi connectivity index (χ0) is 15.1. The van der Waals surface area contributed by atoms with Gasteiger partial charge in [0.1, 0.15) is 17.1 Å². The van der Waals surface area contributed by atoms with Crippen LogP contribution in [0.2, 0.25) is 0 Å². The van der Waals surface area contributed by atoms with Crippen LogP contribution in [0.4, 0.5) is 0 Å². The van der Waals surface area contributed by atoms with Crippen LogP contribution < -0.4 is 5.73 Å². The van der Waals surface area contributed by atoms with Crippen LogP contribution in [0, 0.1) is 0 Å². The largest absolute Gasteiger partial charge is 0.477 e. The molecule has 2 heterocycles. The normalized spacial score (nSPS) is 26.8. The number of carbonyl (C=O) groups is 2. The van der Waals surface area contributed by atoms with Crippen LogP contribution in [0.3, 0.4) is 0 Å². The van der Waals surface area contributed by atoms with Crippen molar-refractivity contribution in [3.63, 3.8) is 0 Å². The molecular weight excluding hydrogens is 278 g/mol. The first-order valence-corrected chi connectivity index (χ1v) is 7.41.